The van der Waals surface area contributed by atoms with E-state index < -0.39 is 5.91 Å². The number of nitrogens with two attached hydrogens (primary N) is 1. The topological polar surface area (TPSA) is 103 Å². The minimum absolute atomic E-state index is 0.328. The zero-order chi connectivity index (χ0) is 23.5. The molecular formula is C26H23N5O2S. The third-order valence-electron chi connectivity index (χ3n) is 5.77. The van der Waals surface area contributed by atoms with E-state index in [4.69, 9.17) is 10.8 Å². The number of amides is 2. The number of benzene rings is 1. The second-order valence-corrected chi connectivity index (χ2v) is 9.16. The van der Waals surface area contributed by atoms with E-state index in [-0.39, 0.29) is 5.91 Å². The Morgan fingerprint density at radius 3 is 2.68 bits per heavy atom. The van der Waals surface area contributed by atoms with E-state index in [2.05, 4.69) is 10.3 Å². The molecule has 0 radical (unpaired) electrons. The normalized spacial score (nSPS) is 13.1. The smallest absolute Gasteiger partial charge is 0.251 e. The highest BCUT2D eigenvalue weighted by molar-refractivity contribution is 7.17. The molecule has 8 heteroatoms. The molecule has 0 unspecified atom stereocenters. The van der Waals surface area contributed by atoms with Crippen molar-refractivity contribution in [1.82, 2.24) is 14.8 Å². The first-order chi connectivity index (χ1) is 16.6. The number of primary amides is 1. The Morgan fingerprint density at radius 1 is 1.09 bits per heavy atom. The lowest BCUT2D eigenvalue weighted by atomic mass is 9.95. The van der Waals surface area contributed by atoms with Crippen LogP contribution in [0.2, 0.25) is 0 Å². The van der Waals surface area contributed by atoms with Crippen molar-refractivity contribution in [1.29, 1.82) is 0 Å². The van der Waals surface area contributed by atoms with Gasteiger partial charge < -0.3 is 11.1 Å². The maximum absolute atomic E-state index is 12.8. The average Bonchev–Trinajstić information content (AvgIpc) is 3.45. The molecule has 0 saturated carbocycles. The molecule has 0 aliphatic heterocycles. The predicted octanol–water partition coefficient (Wildman–Crippen LogP) is 4.63. The highest BCUT2D eigenvalue weighted by Crippen LogP contribution is 2.38. The Bertz CT molecular complexity index is 1370. The largest absolute Gasteiger partial charge is 0.365 e. The molecular weight excluding hydrogens is 446 g/mol. The molecule has 34 heavy (non-hydrogen) atoms. The molecule has 7 nitrogen and oxygen atoms in total. The van der Waals surface area contributed by atoms with Crippen LogP contribution in [0.15, 0.2) is 67.1 Å². The first kappa shape index (κ1) is 21.8. The first-order valence-electron chi connectivity index (χ1n) is 11.1. The molecule has 1 aliphatic carbocycles. The van der Waals surface area contributed by atoms with Crippen LogP contribution in [0.4, 0.5) is 5.00 Å². The lowest BCUT2D eigenvalue weighted by molar-refractivity contribution is -0.111. The van der Waals surface area contributed by atoms with Crippen LogP contribution in [-0.4, -0.2) is 26.6 Å². The number of aryl methyl sites for hydroxylation is 1. The number of aromatic nitrogens is 3. The van der Waals surface area contributed by atoms with Gasteiger partial charge in [-0.2, -0.15) is 5.10 Å². The van der Waals surface area contributed by atoms with E-state index in [0.717, 1.165) is 52.9 Å². The zero-order valence-electron chi connectivity index (χ0n) is 18.4. The minimum Gasteiger partial charge on any atom is -0.365 e. The number of pyridine rings is 1. The molecule has 0 bridgehead atoms. The van der Waals surface area contributed by atoms with Crippen LogP contribution in [0.5, 0.6) is 0 Å². The van der Waals surface area contributed by atoms with E-state index in [9.17, 15) is 9.59 Å². The third-order valence-corrected chi connectivity index (χ3v) is 6.97. The van der Waals surface area contributed by atoms with Crippen LogP contribution in [0.3, 0.4) is 0 Å². The van der Waals surface area contributed by atoms with Crippen molar-refractivity contribution in [2.45, 2.75) is 25.7 Å². The molecule has 0 atom stereocenters. The van der Waals surface area contributed by atoms with Gasteiger partial charge in [-0.25, -0.2) is 4.68 Å². The van der Waals surface area contributed by atoms with Gasteiger partial charge in [0.2, 0.25) is 5.91 Å². The molecule has 0 spiro atoms. The van der Waals surface area contributed by atoms with Gasteiger partial charge in [0, 0.05) is 40.7 Å². The van der Waals surface area contributed by atoms with Gasteiger partial charge in [0.05, 0.1) is 11.3 Å². The Morgan fingerprint density at radius 2 is 1.91 bits per heavy atom. The SMILES string of the molecule is NC(=O)c1c(NC(=O)/C=C/c2cn(-c3ccccc3)nc2-c2cccnc2)sc2c1CCCC2. The van der Waals surface area contributed by atoms with Gasteiger partial charge in [-0.15, -0.1) is 11.3 Å². The monoisotopic (exact) mass is 469 g/mol. The highest BCUT2D eigenvalue weighted by atomic mass is 32.1. The first-order valence-corrected chi connectivity index (χ1v) is 11.9. The third kappa shape index (κ3) is 4.40. The Balaban J connectivity index is 1.44. The van der Waals surface area contributed by atoms with Crippen molar-refractivity contribution in [3.63, 3.8) is 0 Å². The maximum Gasteiger partial charge on any atom is 0.251 e. The number of rotatable bonds is 6. The number of fused-ring (bicyclic) bond motifs is 1. The number of para-hydroxylation sites is 1. The Kier molecular flexibility index (Phi) is 6.05. The van der Waals surface area contributed by atoms with Crippen molar-refractivity contribution in [3.05, 3.63) is 88.7 Å². The summed E-state index contributed by atoms with van der Waals surface area (Å²) in [6, 6.07) is 13.5. The Labute approximate surface area is 201 Å². The summed E-state index contributed by atoms with van der Waals surface area (Å²) in [4.78, 5) is 30.3. The average molecular weight is 470 g/mol. The van der Waals surface area contributed by atoms with E-state index in [1.807, 2.05) is 48.7 Å². The van der Waals surface area contributed by atoms with Gasteiger partial charge in [0.25, 0.3) is 5.91 Å². The fraction of sp³-hybridized carbons (Fsp3) is 0.154. The number of thiophene rings is 1. The second-order valence-electron chi connectivity index (χ2n) is 8.06. The molecule has 0 saturated heterocycles. The van der Waals surface area contributed by atoms with Gasteiger partial charge in [-0.1, -0.05) is 18.2 Å². The molecule has 5 rings (SSSR count). The van der Waals surface area contributed by atoms with E-state index >= 15 is 0 Å². The fourth-order valence-electron chi connectivity index (χ4n) is 4.18. The molecule has 1 aliphatic rings. The number of carbonyl (C=O) groups is 2. The Hall–Kier alpha value is -4.04. The summed E-state index contributed by atoms with van der Waals surface area (Å²) < 4.78 is 1.78. The minimum atomic E-state index is -0.498. The summed E-state index contributed by atoms with van der Waals surface area (Å²) >= 11 is 1.45. The van der Waals surface area contributed by atoms with Crippen LogP contribution in [0, 0.1) is 0 Å². The number of hydrogen-bond acceptors (Lipinski definition) is 5. The molecule has 1 aromatic carbocycles. The predicted molar refractivity (Wildman–Crippen MR) is 134 cm³/mol. The van der Waals surface area contributed by atoms with Crippen LogP contribution in [0.1, 0.15) is 39.2 Å². The molecule has 0 fully saturated rings. The summed E-state index contributed by atoms with van der Waals surface area (Å²) in [5, 5.41) is 8.13. The van der Waals surface area contributed by atoms with Crippen molar-refractivity contribution in [2.24, 2.45) is 5.73 Å². The highest BCUT2D eigenvalue weighted by Gasteiger charge is 2.24. The van der Waals surface area contributed by atoms with Crippen LogP contribution in [0.25, 0.3) is 23.0 Å². The number of nitrogens with one attached hydrogen (secondary N) is 1. The molecule has 170 valence electrons. The van der Waals surface area contributed by atoms with Crippen LogP contribution < -0.4 is 11.1 Å². The molecule has 3 heterocycles. The summed E-state index contributed by atoms with van der Waals surface area (Å²) in [6.07, 6.45) is 12.4. The van der Waals surface area contributed by atoms with E-state index in [1.54, 1.807) is 23.2 Å². The summed E-state index contributed by atoms with van der Waals surface area (Å²) in [5.41, 5.74) is 10.3. The van der Waals surface area contributed by atoms with Gasteiger partial charge >= 0.3 is 0 Å². The van der Waals surface area contributed by atoms with Crippen molar-refractivity contribution < 1.29 is 9.59 Å². The van der Waals surface area contributed by atoms with Crippen LogP contribution in [-0.2, 0) is 17.6 Å². The van der Waals surface area contributed by atoms with Crippen LogP contribution >= 0.6 is 11.3 Å². The van der Waals surface area contributed by atoms with E-state index in [0.29, 0.717) is 16.3 Å². The molecule has 2 amide bonds. The quantitative estimate of drug-likeness (QED) is 0.402. The summed E-state index contributed by atoms with van der Waals surface area (Å²) in [7, 11) is 0. The van der Waals surface area contributed by atoms with Crippen molar-refractivity contribution in [2.75, 3.05) is 5.32 Å². The van der Waals surface area contributed by atoms with E-state index in [1.165, 1.54) is 17.4 Å². The van der Waals surface area contributed by atoms with Crippen molar-refractivity contribution >= 4 is 34.2 Å². The standard InChI is InChI=1S/C26H23N5O2S/c27-25(33)23-20-10-4-5-11-21(20)34-26(23)29-22(32)13-12-18-16-31(19-8-2-1-3-9-19)30-24(18)17-7-6-14-28-15-17/h1-3,6-9,12-16H,4-5,10-11H2,(H2,27,33)(H,29,32)/b13-12+. The molecule has 3 aromatic heterocycles. The van der Waals surface area contributed by atoms with Gasteiger partial charge in [0.1, 0.15) is 10.7 Å². The zero-order valence-corrected chi connectivity index (χ0v) is 19.2. The van der Waals surface area contributed by atoms with Gasteiger partial charge in [-0.3, -0.25) is 14.6 Å². The van der Waals surface area contributed by atoms with Gasteiger partial charge in [0.15, 0.2) is 0 Å². The summed E-state index contributed by atoms with van der Waals surface area (Å²) in [6.45, 7) is 0. The number of carbonyl (C=O) groups excluding carboxylic acids is 2. The van der Waals surface area contributed by atoms with Crippen molar-refractivity contribution in [3.8, 4) is 16.9 Å². The maximum atomic E-state index is 12.8. The number of nitrogens with zero attached hydrogens (tertiary/aromatic N) is 3. The lowest BCUT2D eigenvalue weighted by Gasteiger charge is -2.11. The lowest BCUT2D eigenvalue weighted by Crippen LogP contribution is -2.17. The summed E-state index contributed by atoms with van der Waals surface area (Å²) in [5.74, 6) is -0.827. The number of hydrogen-bond donors (Lipinski definition) is 2. The second kappa shape index (κ2) is 9.44. The number of anilines is 1. The molecule has 3 N–H and O–H groups in total. The fourth-order valence-corrected chi connectivity index (χ4v) is 5.48. The molecule has 4 aromatic rings. The van der Waals surface area contributed by atoms with Gasteiger partial charge in [-0.05, 0) is 61.6 Å².